The number of hydrogen-bond donors (Lipinski definition) is 2. The summed E-state index contributed by atoms with van der Waals surface area (Å²) in [5.74, 6) is 7.46. The fourth-order valence-corrected chi connectivity index (χ4v) is 4.58. The van der Waals surface area contributed by atoms with Crippen molar-refractivity contribution in [2.75, 3.05) is 42.3 Å². The van der Waals surface area contributed by atoms with Crippen molar-refractivity contribution in [2.45, 2.75) is 39.3 Å². The standard InChI is InChI=1S/C22H34ClN7O/c1-14(2)12-18(16-6-8-17(23)9-7-16)29-10-11-30(15(3)13-29)20-19(24)21(28(5)25)27(4)22(31)26-20/h6-9,14-15,18H,10-13,24-25H2,1-5H3. The van der Waals surface area contributed by atoms with Crippen LogP contribution in [0.3, 0.4) is 0 Å². The summed E-state index contributed by atoms with van der Waals surface area (Å²) in [7, 11) is 3.29. The highest BCUT2D eigenvalue weighted by molar-refractivity contribution is 6.30. The van der Waals surface area contributed by atoms with E-state index < -0.39 is 0 Å². The number of piperazine rings is 1. The van der Waals surface area contributed by atoms with Crippen LogP contribution >= 0.6 is 11.6 Å². The molecule has 0 aliphatic carbocycles. The molecule has 0 radical (unpaired) electrons. The van der Waals surface area contributed by atoms with Crippen LogP contribution < -0.4 is 27.2 Å². The maximum atomic E-state index is 12.4. The third-order valence-corrected chi connectivity index (χ3v) is 6.20. The molecule has 4 N–H and O–H groups in total. The number of halogens is 1. The van der Waals surface area contributed by atoms with Crippen LogP contribution in [0.2, 0.25) is 5.02 Å². The van der Waals surface area contributed by atoms with Crippen LogP contribution in [0.4, 0.5) is 17.3 Å². The smallest absolute Gasteiger partial charge is 0.351 e. The molecule has 1 aromatic carbocycles. The number of hydrogen-bond acceptors (Lipinski definition) is 7. The molecule has 1 aliphatic rings. The van der Waals surface area contributed by atoms with Gasteiger partial charge in [0, 0.05) is 50.8 Å². The van der Waals surface area contributed by atoms with Gasteiger partial charge in [-0.1, -0.05) is 37.6 Å². The molecule has 0 bridgehead atoms. The third kappa shape index (κ3) is 4.97. The Kier molecular flexibility index (Phi) is 7.13. The lowest BCUT2D eigenvalue weighted by Gasteiger charge is -2.44. The first kappa shape index (κ1) is 23.4. The quantitative estimate of drug-likeness (QED) is 0.519. The van der Waals surface area contributed by atoms with Crippen molar-refractivity contribution in [2.24, 2.45) is 18.8 Å². The van der Waals surface area contributed by atoms with E-state index in [9.17, 15) is 4.79 Å². The molecule has 2 unspecified atom stereocenters. The molecule has 2 atom stereocenters. The summed E-state index contributed by atoms with van der Waals surface area (Å²) in [5.41, 5.74) is 7.73. The van der Waals surface area contributed by atoms with Gasteiger partial charge in [-0.2, -0.15) is 4.98 Å². The van der Waals surface area contributed by atoms with E-state index in [0.717, 1.165) is 31.1 Å². The molecule has 2 heterocycles. The summed E-state index contributed by atoms with van der Waals surface area (Å²) in [6, 6.07) is 8.60. The molecule has 0 spiro atoms. The van der Waals surface area contributed by atoms with Crippen molar-refractivity contribution < 1.29 is 0 Å². The van der Waals surface area contributed by atoms with Crippen molar-refractivity contribution in [3.8, 4) is 0 Å². The highest BCUT2D eigenvalue weighted by Gasteiger charge is 2.32. The van der Waals surface area contributed by atoms with Gasteiger partial charge < -0.3 is 10.6 Å². The number of anilines is 3. The van der Waals surface area contributed by atoms with Crippen molar-refractivity contribution in [3.63, 3.8) is 0 Å². The first-order valence-electron chi connectivity index (χ1n) is 10.7. The second kappa shape index (κ2) is 9.46. The van der Waals surface area contributed by atoms with E-state index in [1.165, 1.54) is 15.1 Å². The normalized spacial score (nSPS) is 18.5. The van der Waals surface area contributed by atoms with Gasteiger partial charge in [-0.25, -0.2) is 10.6 Å². The lowest BCUT2D eigenvalue weighted by Crippen LogP contribution is -2.54. The molecule has 9 heteroatoms. The maximum absolute atomic E-state index is 12.4. The Bertz CT molecular complexity index is 958. The maximum Gasteiger partial charge on any atom is 0.351 e. The van der Waals surface area contributed by atoms with Gasteiger partial charge in [-0.05, 0) is 37.0 Å². The summed E-state index contributed by atoms with van der Waals surface area (Å²) >= 11 is 6.11. The number of nitrogens with two attached hydrogens (primary N) is 2. The molecule has 170 valence electrons. The Morgan fingerprint density at radius 3 is 2.45 bits per heavy atom. The van der Waals surface area contributed by atoms with Crippen molar-refractivity contribution in [1.29, 1.82) is 0 Å². The van der Waals surface area contributed by atoms with Gasteiger partial charge in [0.2, 0.25) is 0 Å². The zero-order valence-corrected chi connectivity index (χ0v) is 19.8. The van der Waals surface area contributed by atoms with Crippen LogP contribution in [-0.4, -0.2) is 47.2 Å². The van der Waals surface area contributed by atoms with Crippen molar-refractivity contribution in [3.05, 3.63) is 45.3 Å². The summed E-state index contributed by atoms with van der Waals surface area (Å²) in [4.78, 5) is 21.3. The van der Waals surface area contributed by atoms with Crippen LogP contribution in [0, 0.1) is 5.92 Å². The molecule has 1 saturated heterocycles. The SMILES string of the molecule is CC(C)CC(c1ccc(Cl)cc1)N1CCN(c2nc(=O)n(C)c(N(C)N)c2N)C(C)C1. The fourth-order valence-electron chi connectivity index (χ4n) is 4.45. The molecule has 2 aromatic rings. The molecule has 1 aromatic heterocycles. The van der Waals surface area contributed by atoms with Gasteiger partial charge in [-0.15, -0.1) is 0 Å². The zero-order valence-electron chi connectivity index (χ0n) is 19.0. The average molecular weight is 448 g/mol. The van der Waals surface area contributed by atoms with Crippen LogP contribution in [-0.2, 0) is 7.05 Å². The minimum atomic E-state index is -0.370. The largest absolute Gasteiger partial charge is 0.393 e. The molecule has 0 amide bonds. The predicted octanol–water partition coefficient (Wildman–Crippen LogP) is 2.62. The van der Waals surface area contributed by atoms with Gasteiger partial charge >= 0.3 is 5.69 Å². The molecular formula is C22H34ClN7O. The van der Waals surface area contributed by atoms with E-state index in [-0.39, 0.29) is 11.7 Å². The Morgan fingerprint density at radius 2 is 1.90 bits per heavy atom. The molecule has 1 aliphatic heterocycles. The fraction of sp³-hybridized carbons (Fsp3) is 0.545. The second-order valence-corrected chi connectivity index (χ2v) is 9.30. The lowest BCUT2D eigenvalue weighted by atomic mass is 9.94. The van der Waals surface area contributed by atoms with Gasteiger partial charge in [0.15, 0.2) is 11.6 Å². The minimum Gasteiger partial charge on any atom is -0.393 e. The highest BCUT2D eigenvalue weighted by Crippen LogP contribution is 2.34. The first-order chi connectivity index (χ1) is 14.6. The highest BCUT2D eigenvalue weighted by atomic mass is 35.5. The van der Waals surface area contributed by atoms with Gasteiger partial charge in [0.25, 0.3) is 0 Å². The van der Waals surface area contributed by atoms with E-state index >= 15 is 0 Å². The summed E-state index contributed by atoms with van der Waals surface area (Å²) in [6.07, 6.45) is 1.06. The predicted molar refractivity (Wildman–Crippen MR) is 129 cm³/mol. The molecule has 3 rings (SSSR count). The van der Waals surface area contributed by atoms with Gasteiger partial charge in [0.05, 0.1) is 0 Å². The first-order valence-corrected chi connectivity index (χ1v) is 11.1. The van der Waals surface area contributed by atoms with Crippen LogP contribution in [0.1, 0.15) is 38.8 Å². The number of nitrogens with zero attached hydrogens (tertiary/aromatic N) is 5. The molecule has 31 heavy (non-hydrogen) atoms. The number of benzene rings is 1. The Labute approximate surface area is 189 Å². The monoisotopic (exact) mass is 447 g/mol. The van der Waals surface area contributed by atoms with Crippen LogP contribution in [0.15, 0.2) is 29.1 Å². The number of hydrazine groups is 1. The molecule has 1 fully saturated rings. The number of rotatable bonds is 6. The Hall–Kier alpha value is -2.29. The van der Waals surface area contributed by atoms with E-state index in [1.54, 1.807) is 14.1 Å². The zero-order chi connectivity index (χ0) is 22.9. The summed E-state index contributed by atoms with van der Waals surface area (Å²) in [5, 5.41) is 2.11. The second-order valence-electron chi connectivity index (χ2n) is 8.86. The third-order valence-electron chi connectivity index (χ3n) is 5.94. The summed E-state index contributed by atoms with van der Waals surface area (Å²) < 4.78 is 1.37. The van der Waals surface area contributed by atoms with Crippen LogP contribution in [0.5, 0.6) is 0 Å². The Morgan fingerprint density at radius 1 is 1.26 bits per heavy atom. The topological polar surface area (TPSA) is 96.6 Å². The van der Waals surface area contributed by atoms with Gasteiger partial charge in [0.1, 0.15) is 5.69 Å². The molecule has 0 saturated carbocycles. The van der Waals surface area contributed by atoms with Crippen molar-refractivity contribution >= 4 is 28.9 Å². The van der Waals surface area contributed by atoms with E-state index in [2.05, 4.69) is 47.7 Å². The van der Waals surface area contributed by atoms with E-state index in [0.29, 0.717) is 29.3 Å². The summed E-state index contributed by atoms with van der Waals surface area (Å²) in [6.45, 7) is 9.04. The van der Waals surface area contributed by atoms with E-state index in [1.807, 2.05) is 12.1 Å². The van der Waals surface area contributed by atoms with Crippen molar-refractivity contribution in [1.82, 2.24) is 14.5 Å². The molecular weight excluding hydrogens is 414 g/mol. The van der Waals surface area contributed by atoms with Crippen LogP contribution in [0.25, 0.3) is 0 Å². The Balaban J connectivity index is 1.87. The molecule has 8 nitrogen and oxygen atoms in total. The average Bonchev–Trinajstić information content (AvgIpc) is 2.70. The number of nitrogen functional groups attached to an aromatic ring is 1. The van der Waals surface area contributed by atoms with Gasteiger partial charge in [-0.3, -0.25) is 14.5 Å². The minimum absolute atomic E-state index is 0.133. The lowest BCUT2D eigenvalue weighted by molar-refractivity contribution is 0.145. The van der Waals surface area contributed by atoms with E-state index in [4.69, 9.17) is 23.2 Å². The number of aromatic nitrogens is 2.